The Morgan fingerprint density at radius 1 is 1.33 bits per heavy atom. The molecule has 3 nitrogen and oxygen atoms in total. The van der Waals surface area contributed by atoms with Crippen LogP contribution >= 0.6 is 11.6 Å². The molecule has 0 amide bonds. The van der Waals surface area contributed by atoms with Crippen LogP contribution < -0.4 is 4.90 Å². The molecule has 1 aromatic rings. The maximum atomic E-state index is 6.44. The fourth-order valence-corrected chi connectivity index (χ4v) is 3.09. The molecule has 100 valence electrons. The number of hydrogen-bond donors (Lipinski definition) is 0. The van der Waals surface area contributed by atoms with E-state index in [9.17, 15) is 0 Å². The van der Waals surface area contributed by atoms with Crippen LogP contribution in [0.5, 0.6) is 0 Å². The van der Waals surface area contributed by atoms with Crippen LogP contribution in [0.2, 0.25) is 0 Å². The Morgan fingerprint density at radius 2 is 2.11 bits per heavy atom. The van der Waals surface area contributed by atoms with Gasteiger partial charge in [-0.2, -0.15) is 0 Å². The van der Waals surface area contributed by atoms with Crippen LogP contribution in [-0.2, 0) is 6.42 Å². The third-order valence-corrected chi connectivity index (χ3v) is 4.23. The highest BCUT2D eigenvalue weighted by Gasteiger charge is 2.27. The lowest BCUT2D eigenvalue weighted by atomic mass is 9.94. The van der Waals surface area contributed by atoms with Crippen LogP contribution in [0.25, 0.3) is 0 Å². The molecule has 1 aliphatic carbocycles. The van der Waals surface area contributed by atoms with Crippen molar-refractivity contribution < 1.29 is 0 Å². The Labute approximate surface area is 115 Å². The van der Waals surface area contributed by atoms with Crippen molar-refractivity contribution in [3.8, 4) is 0 Å². The van der Waals surface area contributed by atoms with Crippen molar-refractivity contribution >= 4 is 17.4 Å². The van der Waals surface area contributed by atoms with Crippen molar-refractivity contribution in [2.45, 2.75) is 56.9 Å². The van der Waals surface area contributed by atoms with Crippen LogP contribution in [0, 0.1) is 0 Å². The lowest BCUT2D eigenvalue weighted by Gasteiger charge is -2.35. The molecule has 2 atom stereocenters. The first-order valence-corrected chi connectivity index (χ1v) is 7.34. The summed E-state index contributed by atoms with van der Waals surface area (Å²) in [4.78, 5) is 10.9. The maximum Gasteiger partial charge on any atom is 0.132 e. The number of halogens is 1. The topological polar surface area (TPSA) is 29.0 Å². The summed E-state index contributed by atoms with van der Waals surface area (Å²) in [5.74, 6) is 1.01. The normalized spacial score (nSPS) is 23.9. The standard InChI is InChI=1S/C14H22ClN3/c1-3-6-11-9-14(17-10-16-11)18(2)13-8-5-4-7-12(13)15/h9-10,12-13H,3-8H2,1-2H3. The van der Waals surface area contributed by atoms with Gasteiger partial charge in [0.1, 0.15) is 12.1 Å². The zero-order valence-corrected chi connectivity index (χ0v) is 12.0. The van der Waals surface area contributed by atoms with Crippen molar-refractivity contribution in [2.75, 3.05) is 11.9 Å². The lowest BCUT2D eigenvalue weighted by Crippen LogP contribution is -2.41. The molecule has 18 heavy (non-hydrogen) atoms. The molecule has 0 aromatic carbocycles. The fourth-order valence-electron chi connectivity index (χ4n) is 2.64. The summed E-state index contributed by atoms with van der Waals surface area (Å²) in [7, 11) is 2.10. The van der Waals surface area contributed by atoms with Crippen LogP contribution in [0.4, 0.5) is 5.82 Å². The smallest absolute Gasteiger partial charge is 0.132 e. The number of nitrogens with zero attached hydrogens (tertiary/aromatic N) is 3. The van der Waals surface area contributed by atoms with Gasteiger partial charge >= 0.3 is 0 Å². The molecule has 2 rings (SSSR count). The van der Waals surface area contributed by atoms with Crippen molar-refractivity contribution in [3.63, 3.8) is 0 Å². The monoisotopic (exact) mass is 267 g/mol. The van der Waals surface area contributed by atoms with Crippen LogP contribution in [0.3, 0.4) is 0 Å². The molecule has 2 unspecified atom stereocenters. The molecular weight excluding hydrogens is 246 g/mol. The van der Waals surface area contributed by atoms with Gasteiger partial charge in [0.15, 0.2) is 0 Å². The van der Waals surface area contributed by atoms with E-state index >= 15 is 0 Å². The largest absolute Gasteiger partial charge is 0.355 e. The van der Waals surface area contributed by atoms with Crippen molar-refractivity contribution in [1.82, 2.24) is 9.97 Å². The van der Waals surface area contributed by atoms with Gasteiger partial charge in [-0.15, -0.1) is 11.6 Å². The molecule has 1 aliphatic rings. The summed E-state index contributed by atoms with van der Waals surface area (Å²) >= 11 is 6.44. The predicted octanol–water partition coefficient (Wildman–Crippen LogP) is 3.42. The van der Waals surface area contributed by atoms with Crippen molar-refractivity contribution in [2.24, 2.45) is 0 Å². The van der Waals surface area contributed by atoms with Gasteiger partial charge in [-0.3, -0.25) is 0 Å². The van der Waals surface area contributed by atoms with Gasteiger partial charge in [-0.25, -0.2) is 9.97 Å². The fraction of sp³-hybridized carbons (Fsp3) is 0.714. The SMILES string of the molecule is CCCc1cc(N(C)C2CCCCC2Cl)ncn1. The van der Waals surface area contributed by atoms with Gasteiger partial charge in [-0.1, -0.05) is 26.2 Å². The first-order valence-electron chi connectivity index (χ1n) is 6.90. The van der Waals surface area contributed by atoms with Gasteiger partial charge in [0.25, 0.3) is 0 Å². The Kier molecular flexibility index (Phi) is 4.81. The highest BCUT2D eigenvalue weighted by atomic mass is 35.5. The molecule has 4 heteroatoms. The Hall–Kier alpha value is -0.830. The van der Waals surface area contributed by atoms with Crippen LogP contribution in [0.1, 0.15) is 44.7 Å². The van der Waals surface area contributed by atoms with E-state index in [4.69, 9.17) is 11.6 Å². The molecule has 0 spiro atoms. The molecular formula is C14H22ClN3. The number of aromatic nitrogens is 2. The maximum absolute atomic E-state index is 6.44. The summed E-state index contributed by atoms with van der Waals surface area (Å²) in [5.41, 5.74) is 1.12. The van der Waals surface area contributed by atoms with Crippen molar-refractivity contribution in [1.29, 1.82) is 0 Å². The van der Waals surface area contributed by atoms with Gasteiger partial charge < -0.3 is 4.90 Å². The van der Waals surface area contributed by atoms with E-state index in [1.807, 2.05) is 0 Å². The molecule has 0 bridgehead atoms. The molecule has 0 aliphatic heterocycles. The average Bonchev–Trinajstić information content (AvgIpc) is 2.39. The zero-order valence-electron chi connectivity index (χ0n) is 11.3. The molecule has 1 heterocycles. The van der Waals surface area contributed by atoms with Crippen LogP contribution in [-0.4, -0.2) is 28.4 Å². The third-order valence-electron chi connectivity index (χ3n) is 3.72. The van der Waals surface area contributed by atoms with E-state index in [0.29, 0.717) is 6.04 Å². The molecule has 0 N–H and O–H groups in total. The predicted molar refractivity (Wildman–Crippen MR) is 76.3 cm³/mol. The highest BCUT2D eigenvalue weighted by molar-refractivity contribution is 6.21. The summed E-state index contributed by atoms with van der Waals surface area (Å²) < 4.78 is 0. The second-order valence-corrected chi connectivity index (χ2v) is 5.66. The molecule has 1 aromatic heterocycles. The lowest BCUT2D eigenvalue weighted by molar-refractivity contribution is 0.432. The van der Waals surface area contributed by atoms with Gasteiger partial charge in [0.05, 0.1) is 5.38 Å². The highest BCUT2D eigenvalue weighted by Crippen LogP contribution is 2.28. The minimum absolute atomic E-state index is 0.244. The molecule has 0 radical (unpaired) electrons. The first kappa shape index (κ1) is 13.6. The number of rotatable bonds is 4. The number of hydrogen-bond acceptors (Lipinski definition) is 3. The third kappa shape index (κ3) is 3.14. The average molecular weight is 268 g/mol. The second-order valence-electron chi connectivity index (χ2n) is 5.10. The summed E-state index contributed by atoms with van der Waals surface area (Å²) in [6, 6.07) is 2.51. The Bertz CT molecular complexity index is 383. The van der Waals surface area contributed by atoms with Crippen LogP contribution in [0.15, 0.2) is 12.4 Å². The number of aryl methyl sites for hydroxylation is 1. The second kappa shape index (κ2) is 6.37. The number of alkyl halides is 1. The van der Waals surface area contributed by atoms with E-state index in [0.717, 1.165) is 37.2 Å². The van der Waals surface area contributed by atoms with Crippen molar-refractivity contribution in [3.05, 3.63) is 18.1 Å². The van der Waals surface area contributed by atoms with Gasteiger partial charge in [0, 0.05) is 24.8 Å². The zero-order chi connectivity index (χ0) is 13.0. The summed E-state index contributed by atoms with van der Waals surface area (Å²) in [6.45, 7) is 2.17. The first-order chi connectivity index (χ1) is 8.72. The van der Waals surface area contributed by atoms with E-state index in [1.165, 1.54) is 12.8 Å². The quantitative estimate of drug-likeness (QED) is 0.783. The van der Waals surface area contributed by atoms with Gasteiger partial charge in [0.2, 0.25) is 0 Å². The van der Waals surface area contributed by atoms with E-state index in [-0.39, 0.29) is 5.38 Å². The van der Waals surface area contributed by atoms with E-state index in [2.05, 4.69) is 34.9 Å². The number of anilines is 1. The minimum atomic E-state index is 0.244. The van der Waals surface area contributed by atoms with Gasteiger partial charge in [-0.05, 0) is 19.3 Å². The van der Waals surface area contributed by atoms with E-state index < -0.39 is 0 Å². The summed E-state index contributed by atoms with van der Waals surface area (Å²) in [6.07, 6.45) is 8.60. The van der Waals surface area contributed by atoms with E-state index in [1.54, 1.807) is 6.33 Å². The summed E-state index contributed by atoms with van der Waals surface area (Å²) in [5, 5.41) is 0.244. The minimum Gasteiger partial charge on any atom is -0.355 e. The Balaban J connectivity index is 2.11. The molecule has 1 saturated carbocycles. The Morgan fingerprint density at radius 3 is 2.83 bits per heavy atom. The molecule has 1 fully saturated rings. The molecule has 0 saturated heterocycles.